The summed E-state index contributed by atoms with van der Waals surface area (Å²) in [6.45, 7) is 1.23. The van der Waals surface area contributed by atoms with Crippen molar-refractivity contribution in [3.63, 3.8) is 0 Å². The van der Waals surface area contributed by atoms with Gasteiger partial charge in [-0.2, -0.15) is 0 Å². The van der Waals surface area contributed by atoms with Crippen LogP contribution in [0.5, 0.6) is 0 Å². The third-order valence-electron chi connectivity index (χ3n) is 4.13. The lowest BCUT2D eigenvalue weighted by molar-refractivity contribution is -0.384. The van der Waals surface area contributed by atoms with Crippen molar-refractivity contribution in [2.75, 3.05) is 27.2 Å². The lowest BCUT2D eigenvalue weighted by Gasteiger charge is -2.11. The Morgan fingerprint density at radius 3 is 2.58 bits per heavy atom. The van der Waals surface area contributed by atoms with Crippen molar-refractivity contribution in [3.05, 3.63) is 64.3 Å². The first kappa shape index (κ1) is 17.6. The monoisotopic (exact) mass is 352 g/mol. The lowest BCUT2D eigenvalue weighted by Crippen LogP contribution is -2.31. The Balaban J connectivity index is 2.10. The predicted molar refractivity (Wildman–Crippen MR) is 101 cm³/mol. The topological polar surface area (TPSA) is 91.3 Å². The highest BCUT2D eigenvalue weighted by atomic mass is 16.6. The first-order chi connectivity index (χ1) is 12.5. The molecule has 0 fully saturated rings. The molecule has 26 heavy (non-hydrogen) atoms. The van der Waals surface area contributed by atoms with Crippen LogP contribution in [0.2, 0.25) is 0 Å². The van der Waals surface area contributed by atoms with Gasteiger partial charge in [-0.1, -0.05) is 30.3 Å². The number of non-ortho nitro benzene ring substituents is 1. The second kappa shape index (κ2) is 7.37. The molecule has 0 bridgehead atoms. The van der Waals surface area contributed by atoms with E-state index >= 15 is 0 Å². The van der Waals surface area contributed by atoms with Crippen LogP contribution in [0.25, 0.3) is 22.0 Å². The van der Waals surface area contributed by atoms with Crippen LogP contribution < -0.4 is 5.32 Å². The number of benzene rings is 2. The van der Waals surface area contributed by atoms with Crippen molar-refractivity contribution in [2.45, 2.75) is 0 Å². The van der Waals surface area contributed by atoms with Crippen LogP contribution in [0.15, 0.2) is 48.5 Å². The third-order valence-corrected chi connectivity index (χ3v) is 4.13. The number of nitrogens with one attached hydrogen (secondary N) is 2. The van der Waals surface area contributed by atoms with Crippen LogP contribution in [0.1, 0.15) is 10.5 Å². The zero-order valence-corrected chi connectivity index (χ0v) is 14.7. The number of nitro groups is 1. The zero-order valence-electron chi connectivity index (χ0n) is 14.7. The number of carbonyl (C=O) groups excluding carboxylic acids is 1. The van der Waals surface area contributed by atoms with Gasteiger partial charge in [-0.25, -0.2) is 0 Å². The Hall–Kier alpha value is -3.19. The van der Waals surface area contributed by atoms with Crippen LogP contribution in [-0.4, -0.2) is 47.9 Å². The fourth-order valence-corrected chi connectivity index (χ4v) is 2.85. The minimum Gasteiger partial charge on any atom is -0.350 e. The van der Waals surface area contributed by atoms with E-state index in [0.29, 0.717) is 28.7 Å². The molecule has 0 saturated heterocycles. The number of fused-ring (bicyclic) bond motifs is 1. The number of rotatable bonds is 6. The van der Waals surface area contributed by atoms with Crippen molar-refractivity contribution < 1.29 is 9.72 Å². The number of nitrogens with zero attached hydrogens (tertiary/aromatic N) is 2. The molecule has 0 aliphatic heterocycles. The maximum Gasteiger partial charge on any atom is 0.270 e. The minimum atomic E-state index is -0.432. The molecule has 0 unspecified atom stereocenters. The highest BCUT2D eigenvalue weighted by Gasteiger charge is 2.21. The number of H-pyrrole nitrogens is 1. The van der Waals surface area contributed by atoms with Crippen molar-refractivity contribution in [2.24, 2.45) is 0 Å². The quantitative estimate of drug-likeness (QED) is 0.527. The van der Waals surface area contributed by atoms with E-state index in [2.05, 4.69) is 10.3 Å². The number of hydrogen-bond donors (Lipinski definition) is 2. The van der Waals surface area contributed by atoms with Gasteiger partial charge >= 0.3 is 0 Å². The van der Waals surface area contributed by atoms with Crippen LogP contribution in [0.4, 0.5) is 5.69 Å². The third kappa shape index (κ3) is 3.57. The summed E-state index contributed by atoms with van der Waals surface area (Å²) in [7, 11) is 3.87. The van der Waals surface area contributed by atoms with Gasteiger partial charge in [0.25, 0.3) is 11.6 Å². The van der Waals surface area contributed by atoms with Crippen LogP contribution in [-0.2, 0) is 0 Å². The van der Waals surface area contributed by atoms with E-state index in [1.807, 2.05) is 49.3 Å². The summed E-state index contributed by atoms with van der Waals surface area (Å²) >= 11 is 0. The molecule has 1 amide bonds. The molecule has 0 atom stereocenters. The molecule has 7 nitrogen and oxygen atoms in total. The van der Waals surface area contributed by atoms with Crippen LogP contribution in [0.3, 0.4) is 0 Å². The molecule has 3 aromatic rings. The normalized spacial score (nSPS) is 11.0. The van der Waals surface area contributed by atoms with Gasteiger partial charge in [0.1, 0.15) is 5.69 Å². The maximum absolute atomic E-state index is 12.7. The number of amides is 1. The molecule has 3 rings (SSSR count). The summed E-state index contributed by atoms with van der Waals surface area (Å²) in [4.78, 5) is 28.5. The van der Waals surface area contributed by atoms with Crippen molar-refractivity contribution in [3.8, 4) is 11.1 Å². The number of aromatic amines is 1. The summed E-state index contributed by atoms with van der Waals surface area (Å²) in [6, 6.07) is 14.0. The van der Waals surface area contributed by atoms with Gasteiger partial charge in [-0.15, -0.1) is 0 Å². The van der Waals surface area contributed by atoms with E-state index in [4.69, 9.17) is 0 Å². The fourth-order valence-electron chi connectivity index (χ4n) is 2.85. The predicted octanol–water partition coefficient (Wildman–Crippen LogP) is 3.03. The highest BCUT2D eigenvalue weighted by molar-refractivity contribution is 6.10. The zero-order chi connectivity index (χ0) is 18.7. The smallest absolute Gasteiger partial charge is 0.270 e. The molecule has 1 aromatic heterocycles. The molecule has 2 aromatic carbocycles. The molecule has 0 aliphatic carbocycles. The van der Waals surface area contributed by atoms with Gasteiger partial charge in [0, 0.05) is 41.7 Å². The Labute approximate surface area is 150 Å². The molecular weight excluding hydrogens is 332 g/mol. The maximum atomic E-state index is 12.7. The largest absolute Gasteiger partial charge is 0.350 e. The lowest BCUT2D eigenvalue weighted by atomic mass is 10.0. The van der Waals surface area contributed by atoms with E-state index in [1.54, 1.807) is 6.07 Å². The number of hydrogen-bond acceptors (Lipinski definition) is 4. The Morgan fingerprint density at radius 1 is 1.19 bits per heavy atom. The average Bonchev–Trinajstić information content (AvgIpc) is 3.00. The molecule has 0 radical (unpaired) electrons. The molecule has 134 valence electrons. The molecule has 1 heterocycles. The van der Waals surface area contributed by atoms with Gasteiger partial charge in [0.05, 0.1) is 4.92 Å². The van der Waals surface area contributed by atoms with E-state index < -0.39 is 4.92 Å². The van der Waals surface area contributed by atoms with Gasteiger partial charge in [-0.3, -0.25) is 14.9 Å². The van der Waals surface area contributed by atoms with Crippen LogP contribution >= 0.6 is 0 Å². The Bertz CT molecular complexity index is 948. The number of likely N-dealkylation sites (N-methyl/N-ethyl adjacent to an activating group) is 1. The number of nitro benzene ring substituents is 1. The second-order valence-corrected chi connectivity index (χ2v) is 6.29. The van der Waals surface area contributed by atoms with E-state index in [0.717, 1.165) is 12.1 Å². The minimum absolute atomic E-state index is 0.00625. The number of carbonyl (C=O) groups is 1. The van der Waals surface area contributed by atoms with Gasteiger partial charge in [0.15, 0.2) is 0 Å². The molecule has 0 aliphatic rings. The fraction of sp³-hybridized carbons (Fsp3) is 0.211. The van der Waals surface area contributed by atoms with Crippen molar-refractivity contribution >= 4 is 22.5 Å². The molecular formula is C19H20N4O3. The highest BCUT2D eigenvalue weighted by Crippen LogP contribution is 2.34. The summed E-state index contributed by atoms with van der Waals surface area (Å²) in [5.74, 6) is -0.232. The SMILES string of the molecule is CN(C)CCNC(=O)c1[nH]c2ccc([N+](=O)[O-])cc2c1-c1ccccc1. The first-order valence-corrected chi connectivity index (χ1v) is 8.26. The van der Waals surface area contributed by atoms with Crippen molar-refractivity contribution in [1.82, 2.24) is 15.2 Å². The number of aromatic nitrogens is 1. The van der Waals surface area contributed by atoms with Crippen LogP contribution in [0, 0.1) is 10.1 Å². The summed E-state index contributed by atoms with van der Waals surface area (Å²) in [6.07, 6.45) is 0. The first-order valence-electron chi connectivity index (χ1n) is 8.26. The molecule has 2 N–H and O–H groups in total. The molecule has 0 saturated carbocycles. The van der Waals surface area contributed by atoms with E-state index in [-0.39, 0.29) is 11.6 Å². The Morgan fingerprint density at radius 2 is 1.92 bits per heavy atom. The molecule has 0 spiro atoms. The summed E-state index contributed by atoms with van der Waals surface area (Å²) < 4.78 is 0. The van der Waals surface area contributed by atoms with Gasteiger partial charge in [-0.05, 0) is 25.7 Å². The van der Waals surface area contributed by atoms with Gasteiger partial charge in [0.2, 0.25) is 0 Å². The second-order valence-electron chi connectivity index (χ2n) is 6.29. The van der Waals surface area contributed by atoms with E-state index in [9.17, 15) is 14.9 Å². The van der Waals surface area contributed by atoms with Gasteiger partial charge < -0.3 is 15.2 Å². The average molecular weight is 352 g/mol. The summed E-state index contributed by atoms with van der Waals surface area (Å²) in [5, 5.41) is 14.7. The Kier molecular flexibility index (Phi) is 4.99. The summed E-state index contributed by atoms with van der Waals surface area (Å²) in [5.41, 5.74) is 2.59. The molecule has 7 heteroatoms. The van der Waals surface area contributed by atoms with Crippen molar-refractivity contribution in [1.29, 1.82) is 0 Å². The standard InChI is InChI=1S/C19H20N4O3/c1-22(2)11-10-20-19(24)18-17(13-6-4-3-5-7-13)15-12-14(23(25)26)8-9-16(15)21-18/h3-9,12,21H,10-11H2,1-2H3,(H,20,24). The van der Waals surface area contributed by atoms with E-state index in [1.165, 1.54) is 12.1 Å².